The fourth-order valence-electron chi connectivity index (χ4n) is 3.57. The van der Waals surface area contributed by atoms with Crippen LogP contribution in [-0.4, -0.2) is 50.2 Å². The van der Waals surface area contributed by atoms with Crippen molar-refractivity contribution in [2.45, 2.75) is 32.9 Å². The summed E-state index contributed by atoms with van der Waals surface area (Å²) in [5, 5.41) is 9.68. The number of hydrogen-bond acceptors (Lipinski definition) is 3. The number of nitrogens with one attached hydrogen (secondary N) is 3. The predicted octanol–water partition coefficient (Wildman–Crippen LogP) is 3.83. The van der Waals surface area contributed by atoms with E-state index in [0.29, 0.717) is 25.7 Å². The van der Waals surface area contributed by atoms with Gasteiger partial charge in [0.2, 0.25) is 0 Å². The molecule has 0 aliphatic carbocycles. The standard InChI is InChI=1S/C25H35N5O2/c1-20(18-32-19-21-9-4-3-5-10-21)16-27-24(26-2)28-17-22-11-8-12-23(15-22)29-25(31)30-13-6-7-14-30/h3-5,8-12,15,20H,6-7,13-14,16-19H2,1-2H3,(H,29,31)(H2,26,27,28). The van der Waals surface area contributed by atoms with E-state index < -0.39 is 0 Å². The van der Waals surface area contributed by atoms with E-state index >= 15 is 0 Å². The van der Waals surface area contributed by atoms with Gasteiger partial charge in [-0.05, 0) is 42.0 Å². The molecule has 32 heavy (non-hydrogen) atoms. The van der Waals surface area contributed by atoms with Crippen molar-refractivity contribution in [1.82, 2.24) is 15.5 Å². The van der Waals surface area contributed by atoms with Crippen molar-refractivity contribution in [3.63, 3.8) is 0 Å². The molecule has 1 fully saturated rings. The molecular formula is C25H35N5O2. The summed E-state index contributed by atoms with van der Waals surface area (Å²) in [5.74, 6) is 1.09. The summed E-state index contributed by atoms with van der Waals surface area (Å²) in [5.41, 5.74) is 3.07. The van der Waals surface area contributed by atoms with Gasteiger partial charge in [0, 0.05) is 38.9 Å². The van der Waals surface area contributed by atoms with Gasteiger partial charge in [-0.2, -0.15) is 0 Å². The second-order valence-electron chi connectivity index (χ2n) is 8.24. The number of carbonyl (C=O) groups excluding carboxylic acids is 1. The molecule has 1 heterocycles. The third-order valence-electron chi connectivity index (χ3n) is 5.39. The number of benzene rings is 2. The molecule has 7 nitrogen and oxygen atoms in total. The van der Waals surface area contributed by atoms with E-state index in [4.69, 9.17) is 4.74 Å². The van der Waals surface area contributed by atoms with Crippen molar-refractivity contribution in [1.29, 1.82) is 0 Å². The van der Waals surface area contributed by atoms with Gasteiger partial charge in [-0.1, -0.05) is 49.4 Å². The van der Waals surface area contributed by atoms with Gasteiger partial charge in [0.15, 0.2) is 5.96 Å². The number of rotatable bonds is 9. The van der Waals surface area contributed by atoms with E-state index in [9.17, 15) is 4.79 Å². The van der Waals surface area contributed by atoms with E-state index in [1.54, 1.807) is 7.05 Å². The summed E-state index contributed by atoms with van der Waals surface area (Å²) < 4.78 is 5.82. The highest BCUT2D eigenvalue weighted by Gasteiger charge is 2.17. The van der Waals surface area contributed by atoms with E-state index in [1.807, 2.05) is 47.4 Å². The normalized spacial score (nSPS) is 14.8. The third-order valence-corrected chi connectivity index (χ3v) is 5.39. The molecule has 3 N–H and O–H groups in total. The first-order chi connectivity index (χ1) is 15.6. The Morgan fingerprint density at radius 2 is 1.81 bits per heavy atom. The molecule has 1 saturated heterocycles. The molecule has 2 amide bonds. The summed E-state index contributed by atoms with van der Waals surface area (Å²) in [6.07, 6.45) is 2.17. The van der Waals surface area contributed by atoms with Gasteiger partial charge in [0.25, 0.3) is 0 Å². The lowest BCUT2D eigenvalue weighted by atomic mass is 10.2. The van der Waals surface area contributed by atoms with Gasteiger partial charge in [0.05, 0.1) is 13.2 Å². The van der Waals surface area contributed by atoms with Crippen LogP contribution < -0.4 is 16.0 Å². The molecule has 1 aliphatic heterocycles. The number of aliphatic imine (C=N–C) groups is 1. The number of nitrogens with zero attached hydrogens (tertiary/aromatic N) is 2. The van der Waals surface area contributed by atoms with Gasteiger partial charge in [-0.3, -0.25) is 4.99 Å². The number of amides is 2. The summed E-state index contributed by atoms with van der Waals surface area (Å²) in [6.45, 7) is 6.51. The molecule has 2 aromatic rings. The number of anilines is 1. The van der Waals surface area contributed by atoms with Crippen molar-refractivity contribution in [3.8, 4) is 0 Å². The minimum atomic E-state index is -0.0199. The highest BCUT2D eigenvalue weighted by molar-refractivity contribution is 5.89. The zero-order chi connectivity index (χ0) is 22.6. The molecule has 0 bridgehead atoms. The van der Waals surface area contributed by atoms with E-state index in [2.05, 4.69) is 40.0 Å². The Balaban J connectivity index is 1.37. The van der Waals surface area contributed by atoms with Gasteiger partial charge in [-0.15, -0.1) is 0 Å². The van der Waals surface area contributed by atoms with Crippen LogP contribution in [0.2, 0.25) is 0 Å². The third kappa shape index (κ3) is 7.89. The average molecular weight is 438 g/mol. The highest BCUT2D eigenvalue weighted by Crippen LogP contribution is 2.14. The molecule has 1 atom stereocenters. The Morgan fingerprint density at radius 1 is 1.06 bits per heavy atom. The lowest BCUT2D eigenvalue weighted by molar-refractivity contribution is 0.0931. The SMILES string of the molecule is CN=C(NCc1cccc(NC(=O)N2CCCC2)c1)NCC(C)COCc1ccccc1. The van der Waals surface area contributed by atoms with Crippen LogP contribution in [0.1, 0.15) is 30.9 Å². The van der Waals surface area contributed by atoms with E-state index in [0.717, 1.165) is 49.7 Å². The first kappa shape index (κ1) is 23.6. The quantitative estimate of drug-likeness (QED) is 0.412. The topological polar surface area (TPSA) is 78.0 Å². The fourth-order valence-corrected chi connectivity index (χ4v) is 3.57. The largest absolute Gasteiger partial charge is 0.376 e. The molecule has 1 aliphatic rings. The number of guanidine groups is 1. The Kier molecular flexibility index (Phi) is 9.37. The zero-order valence-corrected chi connectivity index (χ0v) is 19.1. The molecule has 2 aromatic carbocycles. The lowest BCUT2D eigenvalue weighted by Crippen LogP contribution is -2.39. The summed E-state index contributed by atoms with van der Waals surface area (Å²) in [6, 6.07) is 18.1. The van der Waals surface area contributed by atoms with Gasteiger partial charge in [0.1, 0.15) is 0 Å². The van der Waals surface area contributed by atoms with Gasteiger partial charge < -0.3 is 25.6 Å². The molecule has 7 heteroatoms. The van der Waals surface area contributed by atoms with Crippen LogP contribution in [0, 0.1) is 5.92 Å². The summed E-state index contributed by atoms with van der Waals surface area (Å²) in [7, 11) is 1.76. The number of hydrogen-bond donors (Lipinski definition) is 3. The molecule has 0 aromatic heterocycles. The van der Waals surface area contributed by atoms with Crippen LogP contribution in [0.4, 0.5) is 10.5 Å². The number of ether oxygens (including phenoxy) is 1. The first-order valence-electron chi connectivity index (χ1n) is 11.3. The number of likely N-dealkylation sites (tertiary alicyclic amines) is 1. The van der Waals surface area contributed by atoms with E-state index in [1.165, 1.54) is 5.56 Å². The fraction of sp³-hybridized carbons (Fsp3) is 0.440. The lowest BCUT2D eigenvalue weighted by Gasteiger charge is -2.17. The molecule has 0 spiro atoms. The number of urea groups is 1. The Morgan fingerprint density at radius 3 is 2.56 bits per heavy atom. The van der Waals surface area contributed by atoms with Crippen molar-refractivity contribution in [2.75, 3.05) is 38.6 Å². The first-order valence-corrected chi connectivity index (χ1v) is 11.3. The second kappa shape index (κ2) is 12.7. The minimum absolute atomic E-state index is 0.0199. The maximum Gasteiger partial charge on any atom is 0.321 e. The van der Waals surface area contributed by atoms with Crippen LogP contribution in [0.15, 0.2) is 59.6 Å². The Hall–Kier alpha value is -3.06. The zero-order valence-electron chi connectivity index (χ0n) is 19.1. The van der Waals surface area contributed by atoms with Crippen molar-refractivity contribution in [2.24, 2.45) is 10.9 Å². The van der Waals surface area contributed by atoms with Gasteiger partial charge in [-0.25, -0.2) is 4.79 Å². The average Bonchev–Trinajstić information content (AvgIpc) is 3.35. The molecule has 3 rings (SSSR count). The van der Waals surface area contributed by atoms with E-state index in [-0.39, 0.29) is 6.03 Å². The van der Waals surface area contributed by atoms with Crippen molar-refractivity contribution >= 4 is 17.7 Å². The van der Waals surface area contributed by atoms with Crippen LogP contribution in [0.25, 0.3) is 0 Å². The van der Waals surface area contributed by atoms with Crippen LogP contribution in [0.5, 0.6) is 0 Å². The monoisotopic (exact) mass is 437 g/mol. The second-order valence-corrected chi connectivity index (χ2v) is 8.24. The molecule has 0 radical (unpaired) electrons. The Labute approximate surface area is 191 Å². The molecule has 172 valence electrons. The number of carbonyl (C=O) groups is 1. The summed E-state index contributed by atoms with van der Waals surface area (Å²) >= 11 is 0. The maximum absolute atomic E-state index is 12.3. The predicted molar refractivity (Wildman–Crippen MR) is 130 cm³/mol. The van der Waals surface area contributed by atoms with Crippen LogP contribution in [0.3, 0.4) is 0 Å². The minimum Gasteiger partial charge on any atom is -0.376 e. The molecular weight excluding hydrogens is 402 g/mol. The van der Waals surface area contributed by atoms with Crippen molar-refractivity contribution in [3.05, 3.63) is 65.7 Å². The summed E-state index contributed by atoms with van der Waals surface area (Å²) in [4.78, 5) is 18.5. The van der Waals surface area contributed by atoms with Gasteiger partial charge >= 0.3 is 6.03 Å². The molecule has 0 saturated carbocycles. The van der Waals surface area contributed by atoms with Crippen molar-refractivity contribution < 1.29 is 9.53 Å². The highest BCUT2D eigenvalue weighted by atomic mass is 16.5. The Bertz CT molecular complexity index is 866. The smallest absolute Gasteiger partial charge is 0.321 e. The van der Waals surface area contributed by atoms with Crippen LogP contribution in [-0.2, 0) is 17.9 Å². The van der Waals surface area contributed by atoms with Crippen LogP contribution >= 0.6 is 0 Å². The maximum atomic E-state index is 12.3. The molecule has 1 unspecified atom stereocenters.